The molecule has 0 spiro atoms. The summed E-state index contributed by atoms with van der Waals surface area (Å²) in [7, 11) is -1.04. The van der Waals surface area contributed by atoms with Crippen LogP contribution in [0.5, 0.6) is 11.5 Å². The standard InChI is InChI=1S/C22H21N3O6S/c1-25-20(26)22(24-21(25)23,15-9-10-30-13-15)19-17(14-7-5-4-6-8-14)11-16(29-2)12-18(19)31-32(3,27)28/h4-13H,1-3H3,(H2,23,24). The molecule has 2 N–H and O–H groups in total. The van der Waals surface area contributed by atoms with Gasteiger partial charge in [-0.2, -0.15) is 8.42 Å². The molecule has 0 fully saturated rings. The molecule has 1 aliphatic rings. The van der Waals surface area contributed by atoms with E-state index < -0.39 is 21.6 Å². The first-order chi connectivity index (χ1) is 15.2. The summed E-state index contributed by atoms with van der Waals surface area (Å²) in [6.45, 7) is 0. The molecule has 1 unspecified atom stereocenters. The lowest BCUT2D eigenvalue weighted by atomic mass is 9.79. The van der Waals surface area contributed by atoms with Crippen LogP contribution in [-0.2, 0) is 20.5 Å². The van der Waals surface area contributed by atoms with Crippen molar-refractivity contribution in [2.24, 2.45) is 10.7 Å². The fourth-order valence-electron chi connectivity index (χ4n) is 3.76. The third-order valence-electron chi connectivity index (χ3n) is 5.18. The first kappa shape index (κ1) is 21.4. The summed E-state index contributed by atoms with van der Waals surface area (Å²) in [5.41, 5.74) is 6.08. The van der Waals surface area contributed by atoms with Gasteiger partial charge < -0.3 is 19.1 Å². The number of furan rings is 1. The Kier molecular flexibility index (Phi) is 5.17. The van der Waals surface area contributed by atoms with Gasteiger partial charge in [-0.25, -0.2) is 4.99 Å². The highest BCUT2D eigenvalue weighted by atomic mass is 32.2. The fourth-order valence-corrected chi connectivity index (χ4v) is 4.22. The summed E-state index contributed by atoms with van der Waals surface area (Å²) in [6, 6.07) is 13.8. The van der Waals surface area contributed by atoms with Gasteiger partial charge in [0.15, 0.2) is 11.7 Å². The minimum atomic E-state index is -3.98. The van der Waals surface area contributed by atoms with E-state index in [2.05, 4.69) is 4.99 Å². The quantitative estimate of drug-likeness (QED) is 0.566. The summed E-state index contributed by atoms with van der Waals surface area (Å²) >= 11 is 0. The molecule has 0 aliphatic carbocycles. The molecular formula is C22H21N3O6S. The van der Waals surface area contributed by atoms with Crippen LogP contribution in [-0.4, -0.2) is 45.6 Å². The van der Waals surface area contributed by atoms with Gasteiger partial charge in [-0.05, 0) is 23.3 Å². The van der Waals surface area contributed by atoms with E-state index in [1.54, 1.807) is 12.1 Å². The van der Waals surface area contributed by atoms with Crippen molar-refractivity contribution in [1.82, 2.24) is 4.90 Å². The summed E-state index contributed by atoms with van der Waals surface area (Å²) < 4.78 is 40.4. The number of aliphatic imine (C=N–C) groups is 1. The van der Waals surface area contributed by atoms with E-state index in [9.17, 15) is 13.2 Å². The second kappa shape index (κ2) is 7.72. The predicted molar refractivity (Wildman–Crippen MR) is 118 cm³/mol. The molecule has 4 rings (SSSR count). The molecule has 32 heavy (non-hydrogen) atoms. The van der Waals surface area contributed by atoms with Gasteiger partial charge in [0.1, 0.15) is 5.75 Å². The molecule has 9 nitrogen and oxygen atoms in total. The number of hydrogen-bond acceptors (Lipinski definition) is 8. The third-order valence-corrected chi connectivity index (χ3v) is 5.66. The molecule has 1 aromatic heterocycles. The number of likely N-dealkylation sites (N-methyl/N-ethyl adjacent to an activating group) is 1. The Bertz CT molecular complexity index is 1300. The molecule has 2 heterocycles. The van der Waals surface area contributed by atoms with Gasteiger partial charge in [-0.15, -0.1) is 0 Å². The van der Waals surface area contributed by atoms with Crippen molar-refractivity contribution in [3.8, 4) is 22.6 Å². The lowest BCUT2D eigenvalue weighted by molar-refractivity contribution is -0.129. The number of rotatable bonds is 6. The number of carbonyl (C=O) groups excluding carboxylic acids is 1. The van der Waals surface area contributed by atoms with Gasteiger partial charge in [0.2, 0.25) is 5.54 Å². The summed E-state index contributed by atoms with van der Waals surface area (Å²) in [6.07, 6.45) is 3.69. The maximum atomic E-state index is 13.6. The summed E-state index contributed by atoms with van der Waals surface area (Å²) in [5, 5.41) is 0. The van der Waals surface area contributed by atoms with Gasteiger partial charge in [0.05, 0.1) is 25.9 Å². The molecule has 1 amide bonds. The van der Waals surface area contributed by atoms with Crippen molar-refractivity contribution in [2.45, 2.75) is 5.54 Å². The first-order valence-electron chi connectivity index (χ1n) is 9.51. The fraction of sp³-hybridized carbons (Fsp3) is 0.182. The van der Waals surface area contributed by atoms with E-state index in [4.69, 9.17) is 19.1 Å². The van der Waals surface area contributed by atoms with Gasteiger partial charge in [-0.1, -0.05) is 30.3 Å². The number of methoxy groups -OCH3 is 1. The Morgan fingerprint density at radius 3 is 2.41 bits per heavy atom. The van der Waals surface area contributed by atoms with Crippen LogP contribution in [0.2, 0.25) is 0 Å². The van der Waals surface area contributed by atoms with E-state index in [-0.39, 0.29) is 17.3 Å². The van der Waals surface area contributed by atoms with E-state index >= 15 is 0 Å². The largest absolute Gasteiger partial charge is 0.497 e. The van der Waals surface area contributed by atoms with Crippen molar-refractivity contribution in [3.05, 3.63) is 72.2 Å². The normalized spacial score (nSPS) is 18.5. The second-order valence-electron chi connectivity index (χ2n) is 7.26. The Labute approximate surface area is 185 Å². The average Bonchev–Trinajstić information content (AvgIpc) is 3.37. The zero-order valence-corrected chi connectivity index (χ0v) is 18.4. The van der Waals surface area contributed by atoms with Gasteiger partial charge in [-0.3, -0.25) is 9.69 Å². The van der Waals surface area contributed by atoms with Crippen LogP contribution in [0.25, 0.3) is 11.1 Å². The van der Waals surface area contributed by atoms with Crippen LogP contribution in [0.4, 0.5) is 0 Å². The number of ether oxygens (including phenoxy) is 1. The SMILES string of the molecule is COc1cc(OS(C)(=O)=O)c(C2(c3ccoc3)N=C(N)N(C)C2=O)c(-c2ccccc2)c1. The molecule has 1 aliphatic heterocycles. The molecule has 0 saturated heterocycles. The van der Waals surface area contributed by atoms with Crippen molar-refractivity contribution < 1.29 is 26.5 Å². The molecule has 2 aromatic carbocycles. The molecule has 3 aromatic rings. The second-order valence-corrected chi connectivity index (χ2v) is 8.83. The number of amides is 1. The average molecular weight is 455 g/mol. The molecular weight excluding hydrogens is 434 g/mol. The van der Waals surface area contributed by atoms with Gasteiger partial charge in [0.25, 0.3) is 5.91 Å². The predicted octanol–water partition coefficient (Wildman–Crippen LogP) is 2.32. The Balaban J connectivity index is 2.17. The highest BCUT2D eigenvalue weighted by molar-refractivity contribution is 7.86. The van der Waals surface area contributed by atoms with E-state index in [1.165, 1.54) is 37.7 Å². The van der Waals surface area contributed by atoms with E-state index in [0.717, 1.165) is 6.26 Å². The van der Waals surface area contributed by atoms with Crippen LogP contribution in [0, 0.1) is 0 Å². The Hall–Kier alpha value is -3.79. The van der Waals surface area contributed by atoms with E-state index in [0.29, 0.717) is 22.4 Å². The molecule has 0 bridgehead atoms. The number of hydrogen-bond donors (Lipinski definition) is 1. The monoisotopic (exact) mass is 455 g/mol. The summed E-state index contributed by atoms with van der Waals surface area (Å²) in [4.78, 5) is 19.4. The maximum absolute atomic E-state index is 13.6. The van der Waals surface area contributed by atoms with Crippen molar-refractivity contribution in [2.75, 3.05) is 20.4 Å². The van der Waals surface area contributed by atoms with Gasteiger partial charge in [0, 0.05) is 24.2 Å². The molecule has 0 radical (unpaired) electrons. The van der Waals surface area contributed by atoms with Crippen LogP contribution >= 0.6 is 0 Å². The number of guanidine groups is 1. The first-order valence-corrected chi connectivity index (χ1v) is 11.3. The highest BCUT2D eigenvalue weighted by Gasteiger charge is 2.53. The Morgan fingerprint density at radius 2 is 1.88 bits per heavy atom. The van der Waals surface area contributed by atoms with Crippen molar-refractivity contribution in [1.29, 1.82) is 0 Å². The van der Waals surface area contributed by atoms with Crippen molar-refractivity contribution >= 4 is 22.0 Å². The van der Waals surface area contributed by atoms with Crippen molar-refractivity contribution in [3.63, 3.8) is 0 Å². The van der Waals surface area contributed by atoms with Gasteiger partial charge >= 0.3 is 10.1 Å². The Morgan fingerprint density at radius 1 is 1.16 bits per heavy atom. The highest BCUT2D eigenvalue weighted by Crippen LogP contribution is 2.49. The van der Waals surface area contributed by atoms with Crippen LogP contribution < -0.4 is 14.7 Å². The molecule has 10 heteroatoms. The van der Waals surface area contributed by atoms with E-state index in [1.807, 2.05) is 30.3 Å². The number of nitrogens with two attached hydrogens (primary N) is 1. The van der Waals surface area contributed by atoms with Crippen LogP contribution in [0.15, 0.2) is 70.5 Å². The smallest absolute Gasteiger partial charge is 0.306 e. The molecule has 0 saturated carbocycles. The lowest BCUT2D eigenvalue weighted by Gasteiger charge is -2.29. The minimum Gasteiger partial charge on any atom is -0.497 e. The maximum Gasteiger partial charge on any atom is 0.306 e. The third kappa shape index (κ3) is 3.48. The molecule has 1 atom stereocenters. The number of benzene rings is 2. The zero-order chi connectivity index (χ0) is 23.1. The van der Waals surface area contributed by atoms with Crippen LogP contribution in [0.1, 0.15) is 11.1 Å². The zero-order valence-electron chi connectivity index (χ0n) is 17.6. The molecule has 166 valence electrons. The lowest BCUT2D eigenvalue weighted by Crippen LogP contribution is -2.41. The number of nitrogens with zero attached hydrogens (tertiary/aromatic N) is 2. The topological polar surface area (TPSA) is 124 Å². The van der Waals surface area contributed by atoms with Crippen LogP contribution in [0.3, 0.4) is 0 Å². The summed E-state index contributed by atoms with van der Waals surface area (Å²) in [5.74, 6) is -0.287. The minimum absolute atomic E-state index is 0.0312. The number of carbonyl (C=O) groups is 1.